The van der Waals surface area contributed by atoms with Gasteiger partial charge in [0, 0.05) is 6.07 Å². The Morgan fingerprint density at radius 1 is 1.47 bits per heavy atom. The molecule has 1 amide bonds. The van der Waals surface area contributed by atoms with Crippen LogP contribution in [0.15, 0.2) is 24.5 Å². The quantitative estimate of drug-likeness (QED) is 0.897. The number of hydrogen-bond donors (Lipinski definition) is 1. The first-order valence-corrected chi connectivity index (χ1v) is 5.13. The fourth-order valence-electron chi connectivity index (χ4n) is 1.35. The molecule has 0 aliphatic heterocycles. The van der Waals surface area contributed by atoms with E-state index in [1.807, 2.05) is 0 Å². The highest BCUT2D eigenvalue weighted by Gasteiger charge is 2.10. The van der Waals surface area contributed by atoms with Crippen molar-refractivity contribution in [3.8, 4) is 6.07 Å². The Bertz CT molecular complexity index is 661. The molecule has 0 aliphatic carbocycles. The molecule has 1 aromatic carbocycles. The second-order valence-corrected chi connectivity index (χ2v) is 3.55. The summed E-state index contributed by atoms with van der Waals surface area (Å²) in [5, 5.41) is 14.4. The molecule has 1 aromatic heterocycles. The van der Waals surface area contributed by atoms with Gasteiger partial charge in [0.2, 0.25) is 5.91 Å². The van der Waals surface area contributed by atoms with Gasteiger partial charge in [-0.2, -0.15) is 5.26 Å². The van der Waals surface area contributed by atoms with Crippen molar-refractivity contribution >= 4 is 11.6 Å². The molecule has 0 atom stereocenters. The normalized spacial score (nSPS) is 9.95. The minimum Gasteiger partial charge on any atom is -0.322 e. The highest BCUT2D eigenvalue weighted by atomic mass is 19.1. The monoisotopic (exact) mass is 263 g/mol. The van der Waals surface area contributed by atoms with Gasteiger partial charge in [0.05, 0.1) is 5.69 Å². The number of aromatic nitrogens is 3. The molecule has 0 spiro atoms. The fraction of sp³-hybridized carbons (Fsp3) is 0.0909. The molecule has 1 N–H and O–H groups in total. The summed E-state index contributed by atoms with van der Waals surface area (Å²) in [5.74, 6) is -2.10. The maximum absolute atomic E-state index is 13.3. The van der Waals surface area contributed by atoms with Crippen molar-refractivity contribution < 1.29 is 13.6 Å². The van der Waals surface area contributed by atoms with Crippen LogP contribution in [0.25, 0.3) is 0 Å². The summed E-state index contributed by atoms with van der Waals surface area (Å²) in [5.41, 5.74) is -0.259. The van der Waals surface area contributed by atoms with Crippen molar-refractivity contribution in [1.82, 2.24) is 14.8 Å². The molecule has 2 aromatic rings. The van der Waals surface area contributed by atoms with Crippen molar-refractivity contribution in [2.24, 2.45) is 0 Å². The molecule has 0 bridgehead atoms. The summed E-state index contributed by atoms with van der Waals surface area (Å²) >= 11 is 0. The lowest BCUT2D eigenvalue weighted by Crippen LogP contribution is -2.19. The van der Waals surface area contributed by atoms with E-state index in [0.717, 1.165) is 22.9 Å². The van der Waals surface area contributed by atoms with Crippen LogP contribution in [-0.4, -0.2) is 20.7 Å². The second kappa shape index (κ2) is 5.22. The van der Waals surface area contributed by atoms with Crippen LogP contribution in [-0.2, 0) is 11.3 Å². The molecular weight excluding hydrogens is 256 g/mol. The second-order valence-electron chi connectivity index (χ2n) is 3.55. The summed E-state index contributed by atoms with van der Waals surface area (Å²) in [7, 11) is 0. The summed E-state index contributed by atoms with van der Waals surface area (Å²) in [6.45, 7) is -0.259. The van der Waals surface area contributed by atoms with Crippen molar-refractivity contribution in [3.63, 3.8) is 0 Å². The zero-order valence-corrected chi connectivity index (χ0v) is 9.47. The van der Waals surface area contributed by atoms with Gasteiger partial charge >= 0.3 is 0 Å². The molecule has 0 unspecified atom stereocenters. The molecule has 96 valence electrons. The molecule has 6 nitrogen and oxygen atoms in total. The van der Waals surface area contributed by atoms with Gasteiger partial charge in [0.1, 0.15) is 30.6 Å². The smallest absolute Gasteiger partial charge is 0.252 e. The number of rotatable bonds is 3. The predicted octanol–water partition coefficient (Wildman–Crippen LogP) is 1.07. The van der Waals surface area contributed by atoms with Crippen LogP contribution in [0.4, 0.5) is 14.5 Å². The number of carbonyl (C=O) groups excluding carboxylic acids is 1. The molecule has 1 heterocycles. The van der Waals surface area contributed by atoms with E-state index in [2.05, 4.69) is 15.4 Å². The Balaban J connectivity index is 2.05. The third kappa shape index (κ3) is 3.10. The van der Waals surface area contributed by atoms with E-state index in [4.69, 9.17) is 5.26 Å². The van der Waals surface area contributed by atoms with E-state index in [1.165, 1.54) is 6.33 Å². The minimum absolute atomic E-state index is 0.0789. The van der Waals surface area contributed by atoms with Gasteiger partial charge in [-0.25, -0.2) is 18.4 Å². The summed E-state index contributed by atoms with van der Waals surface area (Å²) < 4.78 is 27.3. The molecule has 0 radical (unpaired) electrons. The van der Waals surface area contributed by atoms with Gasteiger partial charge in [-0.1, -0.05) is 0 Å². The Kier molecular flexibility index (Phi) is 3.47. The lowest BCUT2D eigenvalue weighted by Gasteiger charge is -2.06. The van der Waals surface area contributed by atoms with Crippen molar-refractivity contribution in [1.29, 1.82) is 5.26 Å². The molecule has 0 saturated carbocycles. The maximum atomic E-state index is 13.3. The maximum Gasteiger partial charge on any atom is 0.252 e. The number of halogens is 2. The van der Waals surface area contributed by atoms with Crippen molar-refractivity contribution in [3.05, 3.63) is 42.0 Å². The average Bonchev–Trinajstić information content (AvgIpc) is 2.81. The largest absolute Gasteiger partial charge is 0.322 e. The number of nitriles is 1. The average molecular weight is 263 g/mol. The van der Waals surface area contributed by atoms with Crippen molar-refractivity contribution in [2.75, 3.05) is 5.32 Å². The SMILES string of the molecule is N#Cc1ncn(CC(=O)Nc2cc(F)ccc2F)n1. The van der Waals surface area contributed by atoms with Gasteiger partial charge in [0.15, 0.2) is 0 Å². The van der Waals surface area contributed by atoms with Crippen LogP contribution in [0, 0.1) is 23.0 Å². The Morgan fingerprint density at radius 2 is 2.26 bits per heavy atom. The topological polar surface area (TPSA) is 83.6 Å². The van der Waals surface area contributed by atoms with Gasteiger partial charge in [0.25, 0.3) is 5.82 Å². The number of anilines is 1. The van der Waals surface area contributed by atoms with Crippen molar-refractivity contribution in [2.45, 2.75) is 6.54 Å². The number of hydrogen-bond acceptors (Lipinski definition) is 4. The number of nitrogens with one attached hydrogen (secondary N) is 1. The highest BCUT2D eigenvalue weighted by molar-refractivity contribution is 5.90. The molecule has 0 aliphatic rings. The van der Waals surface area contributed by atoms with E-state index in [1.54, 1.807) is 6.07 Å². The zero-order chi connectivity index (χ0) is 13.8. The first-order chi connectivity index (χ1) is 9.08. The molecule has 8 heteroatoms. The van der Waals surface area contributed by atoms with Gasteiger partial charge in [-0.05, 0) is 12.1 Å². The molecular formula is C11H7F2N5O. The van der Waals surface area contributed by atoms with Crippen LogP contribution in [0.1, 0.15) is 5.82 Å². The Labute approximate surface area is 106 Å². The van der Waals surface area contributed by atoms with Gasteiger partial charge < -0.3 is 5.32 Å². The highest BCUT2D eigenvalue weighted by Crippen LogP contribution is 2.15. The summed E-state index contributed by atoms with van der Waals surface area (Å²) in [6, 6.07) is 4.43. The number of amides is 1. The summed E-state index contributed by atoms with van der Waals surface area (Å²) in [4.78, 5) is 15.2. The molecule has 19 heavy (non-hydrogen) atoms. The van der Waals surface area contributed by atoms with E-state index < -0.39 is 17.5 Å². The number of carbonyl (C=O) groups is 1. The third-order valence-electron chi connectivity index (χ3n) is 2.14. The zero-order valence-electron chi connectivity index (χ0n) is 9.47. The molecule has 0 saturated heterocycles. The number of nitrogens with zero attached hydrogens (tertiary/aromatic N) is 4. The Morgan fingerprint density at radius 3 is 2.95 bits per heavy atom. The minimum atomic E-state index is -0.744. The van der Waals surface area contributed by atoms with E-state index in [0.29, 0.717) is 0 Å². The summed E-state index contributed by atoms with van der Waals surface area (Å²) in [6.07, 6.45) is 1.19. The van der Waals surface area contributed by atoms with E-state index in [-0.39, 0.29) is 18.1 Å². The van der Waals surface area contributed by atoms with Crippen LogP contribution >= 0.6 is 0 Å². The standard InChI is InChI=1S/C11H7F2N5O/c12-7-1-2-8(13)9(3-7)16-11(19)5-18-6-15-10(4-14)17-18/h1-3,6H,5H2,(H,16,19). The van der Waals surface area contributed by atoms with Crippen LogP contribution in [0.3, 0.4) is 0 Å². The number of benzene rings is 1. The fourth-order valence-corrected chi connectivity index (χ4v) is 1.35. The lowest BCUT2D eigenvalue weighted by molar-refractivity contribution is -0.116. The molecule has 0 fully saturated rings. The van der Waals surface area contributed by atoms with Crippen LogP contribution < -0.4 is 5.32 Å². The van der Waals surface area contributed by atoms with Crippen LogP contribution in [0.5, 0.6) is 0 Å². The lowest BCUT2D eigenvalue weighted by atomic mass is 10.3. The first-order valence-electron chi connectivity index (χ1n) is 5.13. The van der Waals surface area contributed by atoms with Crippen LogP contribution in [0.2, 0.25) is 0 Å². The third-order valence-corrected chi connectivity index (χ3v) is 2.14. The van der Waals surface area contributed by atoms with Gasteiger partial charge in [-0.15, -0.1) is 5.10 Å². The Hall–Kier alpha value is -2.82. The van der Waals surface area contributed by atoms with E-state index in [9.17, 15) is 13.6 Å². The predicted molar refractivity (Wildman–Crippen MR) is 59.7 cm³/mol. The van der Waals surface area contributed by atoms with E-state index >= 15 is 0 Å². The first kappa shape index (κ1) is 12.6. The molecule has 2 rings (SSSR count). The van der Waals surface area contributed by atoms with Gasteiger partial charge in [-0.3, -0.25) is 4.79 Å².